The lowest BCUT2D eigenvalue weighted by molar-refractivity contribution is -0.0996. The first-order valence-electron chi connectivity index (χ1n) is 8.85. The first-order valence-corrected chi connectivity index (χ1v) is 8.85. The van der Waals surface area contributed by atoms with Gasteiger partial charge in [0, 0.05) is 25.6 Å². The Labute approximate surface area is 131 Å². The van der Waals surface area contributed by atoms with E-state index in [0.29, 0.717) is 18.8 Å². The fraction of sp³-hybridized carbons (Fsp3) is 0.875. The molecule has 0 amide bonds. The molecule has 1 aliphatic carbocycles. The van der Waals surface area contributed by atoms with Crippen molar-refractivity contribution in [2.45, 2.75) is 76.7 Å². The molecule has 0 N–H and O–H groups in total. The second-order valence-corrected chi connectivity index (χ2v) is 6.88. The molecule has 3 aliphatic rings. The molecule has 0 aromatic carbocycles. The first-order chi connectivity index (χ1) is 10.8. The molecule has 1 saturated carbocycles. The van der Waals surface area contributed by atoms with Gasteiger partial charge in [0.1, 0.15) is 5.82 Å². The highest BCUT2D eigenvalue weighted by Crippen LogP contribution is 2.28. The fourth-order valence-corrected chi connectivity index (χ4v) is 4.24. The summed E-state index contributed by atoms with van der Waals surface area (Å²) in [6.45, 7) is 3.16. The zero-order chi connectivity index (χ0) is 14.9. The van der Waals surface area contributed by atoms with E-state index in [1.54, 1.807) is 4.68 Å². The van der Waals surface area contributed by atoms with Crippen molar-refractivity contribution >= 4 is 0 Å². The van der Waals surface area contributed by atoms with Gasteiger partial charge in [0.25, 0.3) is 0 Å². The van der Waals surface area contributed by atoms with E-state index in [0.717, 1.165) is 51.2 Å². The summed E-state index contributed by atoms with van der Waals surface area (Å²) in [5.41, 5.74) is 0.0794. The first kappa shape index (κ1) is 14.5. The van der Waals surface area contributed by atoms with E-state index in [1.807, 2.05) is 4.57 Å². The van der Waals surface area contributed by atoms with Crippen molar-refractivity contribution in [2.75, 3.05) is 13.2 Å². The number of morpholine rings is 1. The lowest BCUT2D eigenvalue weighted by Gasteiger charge is -2.43. The van der Waals surface area contributed by atoms with Crippen molar-refractivity contribution in [3.63, 3.8) is 0 Å². The number of fused-ring (bicyclic) bond motifs is 2. The van der Waals surface area contributed by atoms with Gasteiger partial charge in [-0.15, -0.1) is 0 Å². The molecular weight excluding hydrogens is 280 g/mol. The summed E-state index contributed by atoms with van der Waals surface area (Å²) >= 11 is 0. The van der Waals surface area contributed by atoms with Crippen LogP contribution in [-0.2, 0) is 24.4 Å². The monoisotopic (exact) mass is 306 g/mol. The second kappa shape index (κ2) is 6.16. The van der Waals surface area contributed by atoms with Gasteiger partial charge in [-0.1, -0.05) is 19.3 Å². The number of aryl methyl sites for hydroxylation is 1. The summed E-state index contributed by atoms with van der Waals surface area (Å²) in [5.74, 6) is 0.982. The molecule has 122 valence electrons. The molecule has 1 aromatic rings. The summed E-state index contributed by atoms with van der Waals surface area (Å²) in [6, 6.07) is 0.468. The minimum atomic E-state index is 0.0794. The molecule has 6 nitrogen and oxygen atoms in total. The summed E-state index contributed by atoms with van der Waals surface area (Å²) in [4.78, 5) is 15.0. The number of rotatable bonds is 2. The zero-order valence-electron chi connectivity index (χ0n) is 13.2. The normalized spacial score (nSPS) is 29.6. The smallest absolute Gasteiger partial charge is 0.347 e. The van der Waals surface area contributed by atoms with Gasteiger partial charge < -0.3 is 4.74 Å². The standard InChI is InChI=1S/C16H26N4O2/c21-16-19-9-5-1-2-8-15(19)17-20(16)12-18-10-11-22-14-7-4-3-6-13(14)18/h13-14H,1-12H2/t13-,14-/m1/s1. The van der Waals surface area contributed by atoms with Gasteiger partial charge >= 0.3 is 5.69 Å². The third-order valence-corrected chi connectivity index (χ3v) is 5.44. The molecule has 0 bridgehead atoms. The van der Waals surface area contributed by atoms with E-state index in [1.165, 1.54) is 25.7 Å². The van der Waals surface area contributed by atoms with Gasteiger partial charge in [-0.05, 0) is 25.7 Å². The van der Waals surface area contributed by atoms with Crippen LogP contribution in [0.1, 0.15) is 50.8 Å². The summed E-state index contributed by atoms with van der Waals surface area (Å²) < 4.78 is 9.51. The Bertz CT molecular complexity index is 577. The number of hydrogen-bond acceptors (Lipinski definition) is 4. The van der Waals surface area contributed by atoms with Crippen molar-refractivity contribution in [3.8, 4) is 0 Å². The van der Waals surface area contributed by atoms with Crippen LogP contribution >= 0.6 is 0 Å². The van der Waals surface area contributed by atoms with Crippen LogP contribution in [0.5, 0.6) is 0 Å². The minimum Gasteiger partial charge on any atom is -0.375 e. The van der Waals surface area contributed by atoms with E-state index >= 15 is 0 Å². The molecule has 2 atom stereocenters. The highest BCUT2D eigenvalue weighted by Gasteiger charge is 2.34. The molecule has 0 unspecified atom stereocenters. The van der Waals surface area contributed by atoms with E-state index < -0.39 is 0 Å². The fourth-order valence-electron chi connectivity index (χ4n) is 4.24. The van der Waals surface area contributed by atoms with E-state index in [2.05, 4.69) is 10.00 Å². The summed E-state index contributed by atoms with van der Waals surface area (Å²) in [5, 5.41) is 4.63. The van der Waals surface area contributed by atoms with Crippen LogP contribution in [-0.4, -0.2) is 44.5 Å². The molecule has 22 heavy (non-hydrogen) atoms. The number of ether oxygens (including phenoxy) is 1. The third-order valence-electron chi connectivity index (χ3n) is 5.44. The van der Waals surface area contributed by atoms with Crippen LogP contribution in [0, 0.1) is 0 Å². The molecule has 1 saturated heterocycles. The van der Waals surface area contributed by atoms with Gasteiger partial charge in [-0.25, -0.2) is 4.79 Å². The largest absolute Gasteiger partial charge is 0.375 e. The highest BCUT2D eigenvalue weighted by molar-refractivity contribution is 4.91. The molecule has 2 aliphatic heterocycles. The van der Waals surface area contributed by atoms with Crippen molar-refractivity contribution in [2.24, 2.45) is 0 Å². The molecule has 3 heterocycles. The van der Waals surface area contributed by atoms with Crippen LogP contribution in [0.4, 0.5) is 0 Å². The quantitative estimate of drug-likeness (QED) is 0.828. The number of aromatic nitrogens is 3. The molecular formula is C16H26N4O2. The Kier molecular flexibility index (Phi) is 4.05. The van der Waals surface area contributed by atoms with Crippen LogP contribution < -0.4 is 5.69 Å². The van der Waals surface area contributed by atoms with Gasteiger partial charge in [-0.3, -0.25) is 9.47 Å². The zero-order valence-corrected chi connectivity index (χ0v) is 13.2. The maximum atomic E-state index is 12.6. The van der Waals surface area contributed by atoms with Crippen molar-refractivity contribution in [3.05, 3.63) is 16.3 Å². The van der Waals surface area contributed by atoms with Crippen LogP contribution in [0.25, 0.3) is 0 Å². The van der Waals surface area contributed by atoms with Gasteiger partial charge in [0.2, 0.25) is 0 Å². The lowest BCUT2D eigenvalue weighted by Crippen LogP contribution is -2.53. The Morgan fingerprint density at radius 1 is 1.09 bits per heavy atom. The van der Waals surface area contributed by atoms with E-state index in [4.69, 9.17) is 4.74 Å². The highest BCUT2D eigenvalue weighted by atomic mass is 16.5. The number of hydrogen-bond donors (Lipinski definition) is 0. The molecule has 4 rings (SSSR count). The maximum Gasteiger partial charge on any atom is 0.347 e. The van der Waals surface area contributed by atoms with Gasteiger partial charge in [-0.2, -0.15) is 9.78 Å². The van der Waals surface area contributed by atoms with E-state index in [-0.39, 0.29) is 5.69 Å². The molecule has 0 spiro atoms. The Morgan fingerprint density at radius 2 is 2.00 bits per heavy atom. The molecule has 6 heteroatoms. The topological polar surface area (TPSA) is 52.3 Å². The maximum absolute atomic E-state index is 12.6. The summed E-state index contributed by atoms with van der Waals surface area (Å²) in [7, 11) is 0. The van der Waals surface area contributed by atoms with Crippen molar-refractivity contribution < 1.29 is 4.74 Å². The van der Waals surface area contributed by atoms with Crippen LogP contribution in [0.3, 0.4) is 0 Å². The SMILES string of the molecule is O=c1n(CN2CCO[C@@H]3CCCC[C@H]32)nc2n1CCCCC2. The predicted molar refractivity (Wildman–Crippen MR) is 82.7 cm³/mol. The van der Waals surface area contributed by atoms with Crippen molar-refractivity contribution in [1.29, 1.82) is 0 Å². The van der Waals surface area contributed by atoms with E-state index in [9.17, 15) is 4.79 Å². The Hall–Kier alpha value is -1.14. The summed E-state index contributed by atoms with van der Waals surface area (Å²) in [6.07, 6.45) is 9.65. The van der Waals surface area contributed by atoms with Crippen LogP contribution in [0.2, 0.25) is 0 Å². The van der Waals surface area contributed by atoms with Crippen molar-refractivity contribution in [1.82, 2.24) is 19.2 Å². The van der Waals surface area contributed by atoms with Crippen LogP contribution in [0.15, 0.2) is 4.79 Å². The predicted octanol–water partition coefficient (Wildman–Crippen LogP) is 1.37. The van der Waals surface area contributed by atoms with Gasteiger partial charge in [0.15, 0.2) is 0 Å². The molecule has 2 fully saturated rings. The van der Waals surface area contributed by atoms with Gasteiger partial charge in [0.05, 0.1) is 19.4 Å². The second-order valence-electron chi connectivity index (χ2n) is 6.88. The molecule has 0 radical (unpaired) electrons. The molecule has 1 aromatic heterocycles. The Balaban J connectivity index is 1.54. The average molecular weight is 306 g/mol. The lowest BCUT2D eigenvalue weighted by atomic mass is 9.90. The average Bonchev–Trinajstić information content (AvgIpc) is 2.73. The third kappa shape index (κ3) is 2.63. The number of nitrogens with zero attached hydrogens (tertiary/aromatic N) is 4. The minimum absolute atomic E-state index is 0.0794. The Morgan fingerprint density at radius 3 is 2.95 bits per heavy atom.